The molecule has 1 saturated heterocycles. The first kappa shape index (κ1) is 20.1. The molecule has 0 aromatic heterocycles. The molecule has 1 heterocycles. The van der Waals surface area contributed by atoms with Gasteiger partial charge in [0.2, 0.25) is 0 Å². The number of hydrogen-bond acceptors (Lipinski definition) is 6. The van der Waals surface area contributed by atoms with Crippen LogP contribution in [0.2, 0.25) is 0 Å². The van der Waals surface area contributed by atoms with E-state index in [1.807, 2.05) is 26.0 Å². The van der Waals surface area contributed by atoms with Gasteiger partial charge in [0.1, 0.15) is 4.32 Å². The number of thioether (sulfide) groups is 1. The van der Waals surface area contributed by atoms with Crippen LogP contribution in [0.15, 0.2) is 47.4 Å². The average Bonchev–Trinajstić information content (AvgIpc) is 2.90. The number of benzene rings is 2. The Morgan fingerprint density at radius 1 is 1.21 bits per heavy atom. The maximum absolute atomic E-state index is 12.4. The Morgan fingerprint density at radius 3 is 2.64 bits per heavy atom. The fourth-order valence-corrected chi connectivity index (χ4v) is 3.77. The van der Waals surface area contributed by atoms with Crippen LogP contribution in [0.3, 0.4) is 0 Å². The molecule has 144 valence electrons. The van der Waals surface area contributed by atoms with E-state index in [-0.39, 0.29) is 5.91 Å². The summed E-state index contributed by atoms with van der Waals surface area (Å²) in [6.45, 7) is 4.17. The van der Waals surface area contributed by atoms with Crippen molar-refractivity contribution in [2.24, 2.45) is 0 Å². The predicted molar refractivity (Wildman–Crippen MR) is 115 cm³/mol. The molecule has 0 N–H and O–H groups in total. The van der Waals surface area contributed by atoms with Gasteiger partial charge in [0.15, 0.2) is 11.5 Å². The summed E-state index contributed by atoms with van der Waals surface area (Å²) in [5.41, 5.74) is 2.20. The van der Waals surface area contributed by atoms with E-state index in [4.69, 9.17) is 21.7 Å². The van der Waals surface area contributed by atoms with E-state index in [1.54, 1.807) is 43.5 Å². The third kappa shape index (κ3) is 4.43. The van der Waals surface area contributed by atoms with E-state index in [2.05, 4.69) is 0 Å². The van der Waals surface area contributed by atoms with Gasteiger partial charge in [0, 0.05) is 7.05 Å². The van der Waals surface area contributed by atoms with Crippen LogP contribution < -0.4 is 9.47 Å². The quantitative estimate of drug-likeness (QED) is 0.313. The highest BCUT2D eigenvalue weighted by Crippen LogP contribution is 2.34. The first-order valence-electron chi connectivity index (χ1n) is 8.66. The van der Waals surface area contributed by atoms with Gasteiger partial charge >= 0.3 is 5.97 Å². The lowest BCUT2D eigenvalue weighted by molar-refractivity contribution is -0.121. The van der Waals surface area contributed by atoms with Gasteiger partial charge in [-0.25, -0.2) is 4.79 Å². The number of nitrogens with zero attached hydrogens (tertiary/aromatic N) is 1. The molecular weight excluding hydrogens is 394 g/mol. The summed E-state index contributed by atoms with van der Waals surface area (Å²) in [6.07, 6.45) is 1.75. The Morgan fingerprint density at radius 2 is 2.00 bits per heavy atom. The van der Waals surface area contributed by atoms with Crippen molar-refractivity contribution in [1.82, 2.24) is 4.90 Å². The number of ether oxygens (including phenoxy) is 2. The second-order valence-electron chi connectivity index (χ2n) is 6.14. The highest BCUT2D eigenvalue weighted by atomic mass is 32.2. The largest absolute Gasteiger partial charge is 0.490 e. The summed E-state index contributed by atoms with van der Waals surface area (Å²) in [6, 6.07) is 12.4. The minimum Gasteiger partial charge on any atom is -0.490 e. The zero-order valence-corrected chi connectivity index (χ0v) is 17.4. The van der Waals surface area contributed by atoms with E-state index >= 15 is 0 Å². The summed E-state index contributed by atoms with van der Waals surface area (Å²) < 4.78 is 11.7. The molecule has 7 heteroatoms. The lowest BCUT2D eigenvalue weighted by Crippen LogP contribution is -2.22. The van der Waals surface area contributed by atoms with E-state index < -0.39 is 5.97 Å². The number of carbonyl (C=O) groups is 2. The Balaban J connectivity index is 1.86. The Kier molecular flexibility index (Phi) is 6.16. The molecule has 0 unspecified atom stereocenters. The van der Waals surface area contributed by atoms with Crippen LogP contribution in [0, 0.1) is 6.92 Å². The molecule has 3 rings (SSSR count). The first-order valence-corrected chi connectivity index (χ1v) is 9.88. The normalized spacial score (nSPS) is 15.2. The first-order chi connectivity index (χ1) is 13.4. The van der Waals surface area contributed by atoms with E-state index in [1.165, 1.54) is 16.7 Å². The number of hydrogen-bond donors (Lipinski definition) is 0. The number of esters is 1. The van der Waals surface area contributed by atoms with Gasteiger partial charge in [-0.05, 0) is 49.8 Å². The van der Waals surface area contributed by atoms with Crippen molar-refractivity contribution in [3.63, 3.8) is 0 Å². The van der Waals surface area contributed by atoms with Crippen molar-refractivity contribution in [2.75, 3.05) is 13.7 Å². The number of rotatable bonds is 5. The molecule has 1 fully saturated rings. The highest BCUT2D eigenvalue weighted by molar-refractivity contribution is 8.26. The molecule has 1 aliphatic heterocycles. The second-order valence-corrected chi connectivity index (χ2v) is 7.81. The monoisotopic (exact) mass is 413 g/mol. The molecule has 0 saturated carbocycles. The fourth-order valence-electron chi connectivity index (χ4n) is 2.59. The molecule has 0 atom stereocenters. The number of amides is 1. The van der Waals surface area contributed by atoms with Crippen molar-refractivity contribution >= 4 is 46.3 Å². The Bertz CT molecular complexity index is 984. The van der Waals surface area contributed by atoms with Crippen LogP contribution >= 0.6 is 24.0 Å². The second kappa shape index (κ2) is 8.58. The summed E-state index contributed by atoms with van der Waals surface area (Å²) >= 11 is 6.40. The third-order valence-electron chi connectivity index (χ3n) is 4.01. The summed E-state index contributed by atoms with van der Waals surface area (Å²) in [5.74, 6) is 0.171. The predicted octanol–water partition coefficient (Wildman–Crippen LogP) is 4.44. The average molecular weight is 414 g/mol. The fraction of sp³-hybridized carbons (Fsp3) is 0.190. The number of aryl methyl sites for hydroxylation is 1. The lowest BCUT2D eigenvalue weighted by Gasteiger charge is -2.12. The molecule has 28 heavy (non-hydrogen) atoms. The van der Waals surface area contributed by atoms with Gasteiger partial charge in [-0.2, -0.15) is 0 Å². The molecule has 2 aromatic rings. The van der Waals surface area contributed by atoms with Crippen LogP contribution in [0.25, 0.3) is 6.08 Å². The molecule has 0 radical (unpaired) electrons. The lowest BCUT2D eigenvalue weighted by atomic mass is 10.1. The maximum Gasteiger partial charge on any atom is 0.343 e. The van der Waals surface area contributed by atoms with Crippen LogP contribution in [-0.2, 0) is 4.79 Å². The van der Waals surface area contributed by atoms with Crippen LogP contribution in [0.1, 0.15) is 28.4 Å². The third-order valence-corrected chi connectivity index (χ3v) is 5.49. The molecule has 1 aliphatic rings. The van der Waals surface area contributed by atoms with Gasteiger partial charge in [0.05, 0.1) is 17.1 Å². The van der Waals surface area contributed by atoms with Crippen molar-refractivity contribution in [3.05, 3.63) is 64.1 Å². The van der Waals surface area contributed by atoms with Crippen molar-refractivity contribution in [2.45, 2.75) is 13.8 Å². The van der Waals surface area contributed by atoms with E-state index in [0.717, 1.165) is 11.1 Å². The van der Waals surface area contributed by atoms with Crippen molar-refractivity contribution in [1.29, 1.82) is 0 Å². The maximum atomic E-state index is 12.4. The standard InChI is InChI=1S/C21H19NO4S2/c1-4-25-17-11-14(12-18-19(23)22(3)21(27)28-18)8-9-16(17)26-20(24)15-7-5-6-13(2)10-15/h5-12H,4H2,1-3H3/b18-12+. The molecule has 0 bridgehead atoms. The molecule has 0 aliphatic carbocycles. The van der Waals surface area contributed by atoms with Gasteiger partial charge in [-0.3, -0.25) is 9.69 Å². The minimum atomic E-state index is -0.454. The minimum absolute atomic E-state index is 0.136. The van der Waals surface area contributed by atoms with Gasteiger partial charge in [0.25, 0.3) is 5.91 Å². The van der Waals surface area contributed by atoms with Gasteiger partial charge < -0.3 is 9.47 Å². The molecule has 1 amide bonds. The molecular formula is C21H19NO4S2. The zero-order valence-electron chi connectivity index (χ0n) is 15.7. The van der Waals surface area contributed by atoms with Gasteiger partial charge in [-0.15, -0.1) is 0 Å². The van der Waals surface area contributed by atoms with Crippen molar-refractivity contribution in [3.8, 4) is 11.5 Å². The number of likely N-dealkylation sites (N-methyl/N-ethyl adjacent to an activating group) is 1. The Hall–Kier alpha value is -2.64. The number of carbonyl (C=O) groups excluding carboxylic acids is 2. The number of thiocarbonyl (C=S) groups is 1. The van der Waals surface area contributed by atoms with Crippen LogP contribution in [0.5, 0.6) is 11.5 Å². The Labute approximate surface area is 173 Å². The topological polar surface area (TPSA) is 55.8 Å². The summed E-state index contributed by atoms with van der Waals surface area (Å²) in [5, 5.41) is 0. The van der Waals surface area contributed by atoms with Crippen molar-refractivity contribution < 1.29 is 19.1 Å². The molecule has 5 nitrogen and oxygen atoms in total. The highest BCUT2D eigenvalue weighted by Gasteiger charge is 2.28. The van der Waals surface area contributed by atoms with E-state index in [9.17, 15) is 9.59 Å². The molecule has 0 spiro atoms. The smallest absolute Gasteiger partial charge is 0.343 e. The van der Waals surface area contributed by atoms with E-state index in [0.29, 0.717) is 32.9 Å². The summed E-state index contributed by atoms with van der Waals surface area (Å²) in [4.78, 5) is 26.6. The van der Waals surface area contributed by atoms with Crippen LogP contribution in [0.4, 0.5) is 0 Å². The zero-order chi connectivity index (χ0) is 20.3. The SMILES string of the molecule is CCOc1cc(/C=C2/SC(=S)N(C)C2=O)ccc1OC(=O)c1cccc(C)c1. The van der Waals surface area contributed by atoms with Gasteiger partial charge in [-0.1, -0.05) is 47.7 Å². The van der Waals surface area contributed by atoms with Crippen LogP contribution in [-0.4, -0.2) is 34.8 Å². The summed E-state index contributed by atoms with van der Waals surface area (Å²) in [7, 11) is 1.65. The molecule has 2 aromatic carbocycles.